The molecule has 1 atom stereocenters. The summed E-state index contributed by atoms with van der Waals surface area (Å²) in [4.78, 5) is 28.3. The topological polar surface area (TPSA) is 79.4 Å². The van der Waals surface area contributed by atoms with Crippen molar-refractivity contribution >= 4 is 23.5 Å². The van der Waals surface area contributed by atoms with Gasteiger partial charge in [-0.1, -0.05) is 0 Å². The lowest BCUT2D eigenvalue weighted by atomic mass is 10.1. The van der Waals surface area contributed by atoms with Gasteiger partial charge in [0.1, 0.15) is 5.75 Å². The quantitative estimate of drug-likeness (QED) is 0.497. The molecular weight excluding hydrogens is 314 g/mol. The molecule has 0 saturated heterocycles. The Kier molecular flexibility index (Phi) is 5.15. The van der Waals surface area contributed by atoms with Gasteiger partial charge in [-0.3, -0.25) is 4.79 Å². The SMILES string of the molecule is COC(=O)c1c(C)[nH]c(C(=O)C(C)Sc2ccc(O)cc2)c1C. The molecule has 1 aromatic heterocycles. The fourth-order valence-corrected chi connectivity index (χ4v) is 3.32. The number of thioether (sulfide) groups is 1. The van der Waals surface area contributed by atoms with Crippen LogP contribution >= 0.6 is 11.8 Å². The van der Waals surface area contributed by atoms with Gasteiger partial charge in [0.25, 0.3) is 0 Å². The van der Waals surface area contributed by atoms with E-state index >= 15 is 0 Å². The maximum atomic E-state index is 12.7. The third-order valence-electron chi connectivity index (χ3n) is 3.59. The van der Waals surface area contributed by atoms with E-state index in [-0.39, 0.29) is 16.8 Å². The zero-order chi connectivity index (χ0) is 17.1. The van der Waals surface area contributed by atoms with Crippen molar-refractivity contribution < 1.29 is 19.4 Å². The number of nitrogens with one attached hydrogen (secondary N) is 1. The second-order valence-electron chi connectivity index (χ2n) is 5.23. The summed E-state index contributed by atoms with van der Waals surface area (Å²) in [6.07, 6.45) is 0. The van der Waals surface area contributed by atoms with Crippen LogP contribution in [-0.2, 0) is 4.74 Å². The normalized spacial score (nSPS) is 12.0. The molecule has 5 nitrogen and oxygen atoms in total. The Morgan fingerprint density at radius 3 is 2.39 bits per heavy atom. The molecule has 23 heavy (non-hydrogen) atoms. The van der Waals surface area contributed by atoms with E-state index in [9.17, 15) is 14.7 Å². The van der Waals surface area contributed by atoms with Crippen LogP contribution < -0.4 is 0 Å². The van der Waals surface area contributed by atoms with Crippen molar-refractivity contribution in [3.05, 3.63) is 46.8 Å². The summed E-state index contributed by atoms with van der Waals surface area (Å²) < 4.78 is 4.76. The number of hydrogen-bond acceptors (Lipinski definition) is 5. The van der Waals surface area contributed by atoms with Gasteiger partial charge in [0, 0.05) is 10.6 Å². The molecule has 0 radical (unpaired) electrons. The predicted molar refractivity (Wildman–Crippen MR) is 89.4 cm³/mol. The van der Waals surface area contributed by atoms with Crippen molar-refractivity contribution in [1.82, 2.24) is 4.98 Å². The van der Waals surface area contributed by atoms with Crippen LogP contribution in [0.25, 0.3) is 0 Å². The molecule has 122 valence electrons. The lowest BCUT2D eigenvalue weighted by Gasteiger charge is -2.10. The molecule has 1 unspecified atom stereocenters. The maximum absolute atomic E-state index is 12.7. The molecule has 2 N–H and O–H groups in total. The van der Waals surface area contributed by atoms with E-state index in [1.807, 2.05) is 6.92 Å². The van der Waals surface area contributed by atoms with E-state index in [1.54, 1.807) is 38.1 Å². The van der Waals surface area contributed by atoms with Gasteiger partial charge in [-0.2, -0.15) is 0 Å². The minimum absolute atomic E-state index is 0.0844. The first-order valence-electron chi connectivity index (χ1n) is 7.12. The monoisotopic (exact) mass is 333 g/mol. The number of aromatic nitrogens is 1. The smallest absolute Gasteiger partial charge is 0.339 e. The zero-order valence-corrected chi connectivity index (χ0v) is 14.3. The number of Topliss-reactive ketones (excluding diaryl/α,β-unsaturated/α-hetero) is 1. The number of phenols is 1. The average molecular weight is 333 g/mol. The molecule has 0 aliphatic heterocycles. The molecule has 0 bridgehead atoms. The van der Waals surface area contributed by atoms with E-state index < -0.39 is 5.97 Å². The van der Waals surface area contributed by atoms with Crippen LogP contribution in [0.4, 0.5) is 0 Å². The second kappa shape index (κ2) is 6.91. The number of aryl methyl sites for hydroxylation is 1. The number of methoxy groups -OCH3 is 1. The van der Waals surface area contributed by atoms with Crippen molar-refractivity contribution in [2.75, 3.05) is 7.11 Å². The first-order chi connectivity index (χ1) is 10.8. The molecule has 0 fully saturated rings. The molecular formula is C17H19NO4S. The highest BCUT2D eigenvalue weighted by molar-refractivity contribution is 8.00. The van der Waals surface area contributed by atoms with Crippen molar-refractivity contribution in [3.63, 3.8) is 0 Å². The van der Waals surface area contributed by atoms with Gasteiger partial charge >= 0.3 is 5.97 Å². The Bertz CT molecular complexity index is 734. The molecule has 0 aliphatic rings. The maximum Gasteiger partial charge on any atom is 0.339 e. The van der Waals surface area contributed by atoms with Gasteiger partial charge in [0.05, 0.1) is 23.6 Å². The van der Waals surface area contributed by atoms with Crippen LogP contribution in [0.15, 0.2) is 29.2 Å². The molecule has 0 saturated carbocycles. The summed E-state index contributed by atoms with van der Waals surface area (Å²) in [6, 6.07) is 6.69. The summed E-state index contributed by atoms with van der Waals surface area (Å²) in [7, 11) is 1.32. The van der Waals surface area contributed by atoms with E-state index in [4.69, 9.17) is 4.74 Å². The van der Waals surface area contributed by atoms with Crippen LogP contribution in [0.5, 0.6) is 5.75 Å². The van der Waals surface area contributed by atoms with Crippen molar-refractivity contribution in [2.24, 2.45) is 0 Å². The number of rotatable bonds is 5. The molecule has 1 aromatic carbocycles. The standard InChI is InChI=1S/C17H19NO4S/c1-9-14(17(21)22-4)10(2)18-15(9)16(20)11(3)23-13-7-5-12(19)6-8-13/h5-8,11,18-19H,1-4H3. The number of phenolic OH excluding ortho intramolecular Hbond substituents is 1. The van der Waals surface area contributed by atoms with Gasteiger partial charge < -0.3 is 14.8 Å². The number of aromatic amines is 1. The summed E-state index contributed by atoms with van der Waals surface area (Å²) >= 11 is 1.40. The van der Waals surface area contributed by atoms with E-state index in [1.165, 1.54) is 18.9 Å². The summed E-state index contributed by atoms with van der Waals surface area (Å²) in [5, 5.41) is 8.97. The van der Waals surface area contributed by atoms with Gasteiger partial charge in [0.2, 0.25) is 0 Å². The van der Waals surface area contributed by atoms with Crippen LogP contribution in [0.1, 0.15) is 39.0 Å². The summed E-state index contributed by atoms with van der Waals surface area (Å²) in [5.74, 6) is -0.347. The minimum atomic E-state index is -0.450. The third-order valence-corrected chi connectivity index (χ3v) is 4.70. The zero-order valence-electron chi connectivity index (χ0n) is 13.5. The van der Waals surface area contributed by atoms with Crippen molar-refractivity contribution in [2.45, 2.75) is 30.9 Å². The number of ether oxygens (including phenoxy) is 1. The molecule has 0 spiro atoms. The number of ketones is 1. The van der Waals surface area contributed by atoms with Crippen LogP contribution in [0.3, 0.4) is 0 Å². The fourth-order valence-electron chi connectivity index (χ4n) is 2.39. The Balaban J connectivity index is 2.23. The second-order valence-corrected chi connectivity index (χ2v) is 6.65. The first-order valence-corrected chi connectivity index (χ1v) is 8.00. The first kappa shape index (κ1) is 17.1. The summed E-state index contributed by atoms with van der Waals surface area (Å²) in [6.45, 7) is 5.29. The number of esters is 1. The molecule has 1 heterocycles. The minimum Gasteiger partial charge on any atom is -0.508 e. The number of H-pyrrole nitrogens is 1. The summed E-state index contributed by atoms with van der Waals surface area (Å²) in [5.41, 5.74) is 2.08. The van der Waals surface area contributed by atoms with Crippen LogP contribution in [0.2, 0.25) is 0 Å². The molecule has 2 rings (SSSR count). The Morgan fingerprint density at radius 1 is 1.22 bits per heavy atom. The lowest BCUT2D eigenvalue weighted by Crippen LogP contribution is -2.15. The average Bonchev–Trinajstić information content (AvgIpc) is 2.82. The number of carbonyl (C=O) groups excluding carboxylic acids is 2. The van der Waals surface area contributed by atoms with Gasteiger partial charge in [-0.15, -0.1) is 11.8 Å². The molecule has 0 amide bonds. The highest BCUT2D eigenvalue weighted by Crippen LogP contribution is 2.29. The van der Waals surface area contributed by atoms with Crippen molar-refractivity contribution in [1.29, 1.82) is 0 Å². The Labute approximate surface area is 139 Å². The van der Waals surface area contributed by atoms with Gasteiger partial charge in [-0.05, 0) is 50.6 Å². The highest BCUT2D eigenvalue weighted by atomic mass is 32.2. The predicted octanol–water partition coefficient (Wildman–Crippen LogP) is 3.49. The van der Waals surface area contributed by atoms with Crippen molar-refractivity contribution in [3.8, 4) is 5.75 Å². The fraction of sp³-hybridized carbons (Fsp3) is 0.294. The Hall–Kier alpha value is -2.21. The number of carbonyl (C=O) groups is 2. The molecule has 6 heteroatoms. The largest absolute Gasteiger partial charge is 0.508 e. The number of aromatic hydroxyl groups is 1. The lowest BCUT2D eigenvalue weighted by molar-refractivity contribution is 0.0599. The van der Waals surface area contributed by atoms with Gasteiger partial charge in [-0.25, -0.2) is 4.79 Å². The highest BCUT2D eigenvalue weighted by Gasteiger charge is 2.25. The van der Waals surface area contributed by atoms with E-state index in [2.05, 4.69) is 4.98 Å². The molecule has 2 aromatic rings. The molecule has 0 aliphatic carbocycles. The van der Waals surface area contributed by atoms with E-state index in [0.29, 0.717) is 22.5 Å². The van der Waals surface area contributed by atoms with E-state index in [0.717, 1.165) is 4.90 Å². The van der Waals surface area contributed by atoms with Gasteiger partial charge in [0.15, 0.2) is 5.78 Å². The van der Waals surface area contributed by atoms with Crippen LogP contribution in [0, 0.1) is 13.8 Å². The van der Waals surface area contributed by atoms with Crippen LogP contribution in [-0.4, -0.2) is 34.2 Å². The number of hydrogen-bond donors (Lipinski definition) is 2. The number of benzene rings is 1. The Morgan fingerprint density at radius 2 is 1.83 bits per heavy atom. The third kappa shape index (κ3) is 3.59.